The van der Waals surface area contributed by atoms with Gasteiger partial charge >= 0.3 is 0 Å². The van der Waals surface area contributed by atoms with Crippen LogP contribution in [0.25, 0.3) is 0 Å². The number of hydrogen-bond acceptors (Lipinski definition) is 1. The highest BCUT2D eigenvalue weighted by Crippen LogP contribution is 1.93. The lowest BCUT2D eigenvalue weighted by Crippen LogP contribution is -1.97. The van der Waals surface area contributed by atoms with Crippen molar-refractivity contribution in [3.63, 3.8) is 0 Å². The number of hydrogen-bond donors (Lipinski definition) is 1. The van der Waals surface area contributed by atoms with Gasteiger partial charge in [0.15, 0.2) is 0 Å². The van der Waals surface area contributed by atoms with E-state index in [1.165, 1.54) is 0 Å². The summed E-state index contributed by atoms with van der Waals surface area (Å²) in [5, 5.41) is 8.92. The van der Waals surface area contributed by atoms with Crippen molar-refractivity contribution in [2.24, 2.45) is 0 Å². The first-order valence-corrected chi connectivity index (χ1v) is 3.26. The van der Waals surface area contributed by atoms with Crippen LogP contribution in [0.5, 0.6) is 0 Å². The standard InChI is InChI=1S/C8H14O/c1-3-5-6-7-8(9)4-2/h4-6,8-9H,2-3,7H2,1H3. The molecule has 1 heteroatoms. The Balaban J connectivity index is 3.25. The number of aliphatic hydroxyl groups is 1. The molecule has 0 saturated heterocycles. The molecular formula is C8H14O. The maximum Gasteiger partial charge on any atom is 0.0752 e. The summed E-state index contributed by atoms with van der Waals surface area (Å²) in [7, 11) is 0. The van der Waals surface area contributed by atoms with E-state index in [0.29, 0.717) is 6.42 Å². The third kappa shape index (κ3) is 5.31. The summed E-state index contributed by atoms with van der Waals surface area (Å²) in [6.45, 7) is 5.52. The van der Waals surface area contributed by atoms with Crippen LogP contribution in [0.4, 0.5) is 0 Å². The molecular weight excluding hydrogens is 112 g/mol. The molecule has 0 aromatic carbocycles. The van der Waals surface area contributed by atoms with Crippen molar-refractivity contribution in [2.75, 3.05) is 0 Å². The average molecular weight is 126 g/mol. The summed E-state index contributed by atoms with van der Waals surface area (Å²) in [5.74, 6) is 0. The molecule has 0 radical (unpaired) electrons. The van der Waals surface area contributed by atoms with Gasteiger partial charge in [-0.15, -0.1) is 6.58 Å². The Labute approximate surface area is 56.7 Å². The summed E-state index contributed by atoms with van der Waals surface area (Å²) >= 11 is 0. The second-order valence-electron chi connectivity index (χ2n) is 1.92. The topological polar surface area (TPSA) is 20.2 Å². The van der Waals surface area contributed by atoms with Crippen LogP contribution in [0.15, 0.2) is 24.8 Å². The van der Waals surface area contributed by atoms with Gasteiger partial charge in [0.2, 0.25) is 0 Å². The highest BCUT2D eigenvalue weighted by molar-refractivity contribution is 4.89. The van der Waals surface area contributed by atoms with Gasteiger partial charge in [0.05, 0.1) is 6.10 Å². The van der Waals surface area contributed by atoms with E-state index in [2.05, 4.69) is 13.5 Å². The van der Waals surface area contributed by atoms with Crippen LogP contribution in [-0.2, 0) is 0 Å². The van der Waals surface area contributed by atoms with E-state index in [4.69, 9.17) is 5.11 Å². The molecule has 0 fully saturated rings. The van der Waals surface area contributed by atoms with E-state index in [1.807, 2.05) is 12.2 Å². The van der Waals surface area contributed by atoms with Gasteiger partial charge in [-0.25, -0.2) is 0 Å². The molecule has 0 rings (SSSR count). The highest BCUT2D eigenvalue weighted by Gasteiger charge is 1.89. The molecule has 0 saturated carbocycles. The first-order valence-electron chi connectivity index (χ1n) is 3.26. The zero-order chi connectivity index (χ0) is 7.11. The normalized spacial score (nSPS) is 14.0. The lowest BCUT2D eigenvalue weighted by Gasteiger charge is -1.96. The zero-order valence-electron chi connectivity index (χ0n) is 5.88. The van der Waals surface area contributed by atoms with Crippen molar-refractivity contribution in [1.82, 2.24) is 0 Å². The van der Waals surface area contributed by atoms with Gasteiger partial charge in [0, 0.05) is 0 Å². The molecule has 1 unspecified atom stereocenters. The van der Waals surface area contributed by atoms with Crippen molar-refractivity contribution in [3.8, 4) is 0 Å². The van der Waals surface area contributed by atoms with E-state index in [9.17, 15) is 0 Å². The maximum atomic E-state index is 8.92. The third-order valence-electron chi connectivity index (χ3n) is 1.05. The summed E-state index contributed by atoms with van der Waals surface area (Å²) in [5.41, 5.74) is 0. The molecule has 0 aromatic rings. The maximum absolute atomic E-state index is 8.92. The van der Waals surface area contributed by atoms with Crippen molar-refractivity contribution in [2.45, 2.75) is 25.9 Å². The van der Waals surface area contributed by atoms with Crippen molar-refractivity contribution in [1.29, 1.82) is 0 Å². The molecule has 0 heterocycles. The minimum atomic E-state index is -0.368. The molecule has 0 aliphatic heterocycles. The fraction of sp³-hybridized carbons (Fsp3) is 0.500. The van der Waals surface area contributed by atoms with Crippen molar-refractivity contribution in [3.05, 3.63) is 24.8 Å². The summed E-state index contributed by atoms with van der Waals surface area (Å²) in [6.07, 6.45) is 6.90. The predicted molar refractivity (Wildman–Crippen MR) is 40.3 cm³/mol. The van der Waals surface area contributed by atoms with Gasteiger partial charge in [0.1, 0.15) is 0 Å². The molecule has 0 aliphatic carbocycles. The van der Waals surface area contributed by atoms with Gasteiger partial charge in [-0.3, -0.25) is 0 Å². The summed E-state index contributed by atoms with van der Waals surface area (Å²) in [6, 6.07) is 0. The Morgan fingerprint density at radius 3 is 2.67 bits per heavy atom. The second kappa shape index (κ2) is 5.57. The zero-order valence-corrected chi connectivity index (χ0v) is 5.88. The third-order valence-corrected chi connectivity index (χ3v) is 1.05. The summed E-state index contributed by atoms with van der Waals surface area (Å²) < 4.78 is 0. The van der Waals surface area contributed by atoms with E-state index < -0.39 is 0 Å². The smallest absolute Gasteiger partial charge is 0.0752 e. The van der Waals surface area contributed by atoms with Crippen LogP contribution in [0, 0.1) is 0 Å². The van der Waals surface area contributed by atoms with Crippen LogP contribution in [-0.4, -0.2) is 11.2 Å². The van der Waals surface area contributed by atoms with Gasteiger partial charge in [-0.1, -0.05) is 25.2 Å². The Kier molecular flexibility index (Phi) is 5.23. The van der Waals surface area contributed by atoms with Crippen LogP contribution in [0.1, 0.15) is 19.8 Å². The monoisotopic (exact) mass is 126 g/mol. The van der Waals surface area contributed by atoms with Crippen LogP contribution < -0.4 is 0 Å². The fourth-order valence-electron chi connectivity index (χ4n) is 0.499. The molecule has 1 atom stereocenters. The Morgan fingerprint density at radius 1 is 1.56 bits per heavy atom. The van der Waals surface area contributed by atoms with Crippen molar-refractivity contribution >= 4 is 0 Å². The van der Waals surface area contributed by atoms with E-state index in [0.717, 1.165) is 6.42 Å². The largest absolute Gasteiger partial charge is 0.389 e. The predicted octanol–water partition coefficient (Wildman–Crippen LogP) is 1.89. The fourth-order valence-corrected chi connectivity index (χ4v) is 0.499. The average Bonchev–Trinajstić information content (AvgIpc) is 1.89. The first-order chi connectivity index (χ1) is 4.31. The highest BCUT2D eigenvalue weighted by atomic mass is 16.3. The van der Waals surface area contributed by atoms with Gasteiger partial charge in [-0.05, 0) is 12.8 Å². The molecule has 0 spiro atoms. The molecule has 0 aliphatic rings. The van der Waals surface area contributed by atoms with Gasteiger partial charge in [-0.2, -0.15) is 0 Å². The second-order valence-corrected chi connectivity index (χ2v) is 1.92. The van der Waals surface area contributed by atoms with Crippen molar-refractivity contribution < 1.29 is 5.11 Å². The molecule has 1 N–H and O–H groups in total. The van der Waals surface area contributed by atoms with Crippen LogP contribution >= 0.6 is 0 Å². The minimum absolute atomic E-state index is 0.368. The quantitative estimate of drug-likeness (QED) is 0.570. The molecule has 0 aromatic heterocycles. The lowest BCUT2D eigenvalue weighted by atomic mass is 10.2. The van der Waals surface area contributed by atoms with Crippen LogP contribution in [0.2, 0.25) is 0 Å². The lowest BCUT2D eigenvalue weighted by molar-refractivity contribution is 0.227. The van der Waals surface area contributed by atoms with Crippen LogP contribution in [0.3, 0.4) is 0 Å². The molecule has 0 amide bonds. The molecule has 9 heavy (non-hydrogen) atoms. The minimum Gasteiger partial charge on any atom is -0.389 e. The van der Waals surface area contributed by atoms with Gasteiger partial charge in [0.25, 0.3) is 0 Å². The Morgan fingerprint density at radius 2 is 2.22 bits per heavy atom. The number of aliphatic hydroxyl groups excluding tert-OH is 1. The van der Waals surface area contributed by atoms with E-state index in [-0.39, 0.29) is 6.10 Å². The van der Waals surface area contributed by atoms with E-state index in [1.54, 1.807) is 6.08 Å². The molecule has 1 nitrogen and oxygen atoms in total. The molecule has 0 bridgehead atoms. The summed E-state index contributed by atoms with van der Waals surface area (Å²) in [4.78, 5) is 0. The van der Waals surface area contributed by atoms with E-state index >= 15 is 0 Å². The Hall–Kier alpha value is -0.560. The molecule has 52 valence electrons. The first kappa shape index (κ1) is 8.44. The Bertz CT molecular complexity index is 94.7. The number of rotatable bonds is 4. The SMILES string of the molecule is C=CC(O)CC=CCC. The van der Waals surface area contributed by atoms with Gasteiger partial charge < -0.3 is 5.11 Å². The number of allylic oxidation sites excluding steroid dienone is 1.